The summed E-state index contributed by atoms with van der Waals surface area (Å²) >= 11 is 1.73. The molecule has 9 rings (SSSR count). The fraction of sp³-hybridized carbons (Fsp3) is 0. The van der Waals surface area contributed by atoms with Gasteiger partial charge in [0.05, 0.1) is 26.6 Å². The molecule has 9 aromatic rings. The van der Waals surface area contributed by atoms with Crippen molar-refractivity contribution in [3.8, 4) is 16.3 Å². The number of benzene rings is 6. The molecule has 0 amide bonds. The third-order valence-electron chi connectivity index (χ3n) is 7.82. The smallest absolute Gasteiger partial charge is 0.195 e. The van der Waals surface area contributed by atoms with Crippen LogP contribution in [0, 0.1) is 0 Å². The van der Waals surface area contributed by atoms with Gasteiger partial charge >= 0.3 is 0 Å². The van der Waals surface area contributed by atoms with Gasteiger partial charge in [0, 0.05) is 16.2 Å². The first-order valence-corrected chi connectivity index (χ1v) is 13.9. The molecule has 0 saturated heterocycles. The first kappa shape index (κ1) is 21.1. The second-order valence-electron chi connectivity index (χ2n) is 10.00. The molecule has 6 aromatic carbocycles. The molecule has 3 heterocycles. The third-order valence-corrected chi connectivity index (χ3v) is 8.83. The minimum Gasteiger partial charge on any atom is -0.456 e. The zero-order valence-corrected chi connectivity index (χ0v) is 21.6. The molecule has 4 heteroatoms. The normalized spacial score (nSPS) is 12.1. The summed E-state index contributed by atoms with van der Waals surface area (Å²) in [5.74, 6) is 0. The number of furan rings is 1. The summed E-state index contributed by atoms with van der Waals surface area (Å²) in [5, 5.41) is 8.10. The Balaban J connectivity index is 1.43. The Morgan fingerprint density at radius 2 is 1.38 bits per heavy atom. The van der Waals surface area contributed by atoms with Crippen molar-refractivity contribution in [1.82, 2.24) is 9.55 Å². The molecule has 0 spiro atoms. The number of para-hydroxylation sites is 1. The Labute approximate surface area is 227 Å². The number of aromatic nitrogens is 2. The highest BCUT2D eigenvalue weighted by molar-refractivity contribution is 7.21. The lowest BCUT2D eigenvalue weighted by molar-refractivity contribution is 0.669. The standard InChI is InChI=1S/C35H20N2OS/c1-2-9-21(10-3-1)24-14-8-15-27-32(24)26-19-22-11-4-5-12-23(22)20-28(26)37(27)35-36-34-31(39-35)18-17-30-33(34)25-13-6-7-16-29(25)38-30/h1-20H. The van der Waals surface area contributed by atoms with Crippen LogP contribution in [0.4, 0.5) is 0 Å². The largest absolute Gasteiger partial charge is 0.456 e. The zero-order valence-electron chi connectivity index (χ0n) is 20.8. The highest BCUT2D eigenvalue weighted by Crippen LogP contribution is 2.43. The second-order valence-corrected chi connectivity index (χ2v) is 11.0. The van der Waals surface area contributed by atoms with Gasteiger partial charge in [-0.25, -0.2) is 4.98 Å². The summed E-state index contributed by atoms with van der Waals surface area (Å²) in [6.45, 7) is 0. The molecule has 0 fully saturated rings. The van der Waals surface area contributed by atoms with E-state index in [4.69, 9.17) is 9.40 Å². The maximum Gasteiger partial charge on any atom is 0.195 e. The molecular weight excluding hydrogens is 496 g/mol. The molecule has 0 saturated carbocycles. The van der Waals surface area contributed by atoms with Crippen molar-refractivity contribution in [2.24, 2.45) is 0 Å². The molecule has 0 N–H and O–H groups in total. The van der Waals surface area contributed by atoms with Crippen LogP contribution in [0.3, 0.4) is 0 Å². The van der Waals surface area contributed by atoms with Gasteiger partial charge in [0.25, 0.3) is 0 Å². The Morgan fingerprint density at radius 1 is 0.590 bits per heavy atom. The van der Waals surface area contributed by atoms with Gasteiger partial charge in [-0.05, 0) is 58.3 Å². The molecule has 0 aliphatic rings. The maximum absolute atomic E-state index is 6.17. The molecule has 0 radical (unpaired) electrons. The number of rotatable bonds is 2. The summed E-state index contributed by atoms with van der Waals surface area (Å²) in [4.78, 5) is 5.31. The maximum atomic E-state index is 6.17. The van der Waals surface area contributed by atoms with Crippen LogP contribution in [0.2, 0.25) is 0 Å². The lowest BCUT2D eigenvalue weighted by Gasteiger charge is -2.06. The van der Waals surface area contributed by atoms with Crippen molar-refractivity contribution in [3.63, 3.8) is 0 Å². The van der Waals surface area contributed by atoms with E-state index in [1.165, 1.54) is 38.2 Å². The van der Waals surface area contributed by atoms with Crippen molar-refractivity contribution in [1.29, 1.82) is 0 Å². The second kappa shape index (κ2) is 7.79. The average molecular weight is 517 g/mol. The van der Waals surface area contributed by atoms with Crippen LogP contribution >= 0.6 is 11.3 Å². The Hall–Kier alpha value is -4.93. The summed E-state index contributed by atoms with van der Waals surface area (Å²) in [6.07, 6.45) is 0. The van der Waals surface area contributed by atoms with E-state index >= 15 is 0 Å². The van der Waals surface area contributed by atoms with E-state index in [2.05, 4.69) is 114 Å². The van der Waals surface area contributed by atoms with Crippen molar-refractivity contribution in [2.75, 3.05) is 0 Å². The molecule has 39 heavy (non-hydrogen) atoms. The van der Waals surface area contributed by atoms with Crippen molar-refractivity contribution >= 4 is 76.1 Å². The van der Waals surface area contributed by atoms with E-state index in [-0.39, 0.29) is 0 Å². The first-order chi connectivity index (χ1) is 19.3. The summed E-state index contributed by atoms with van der Waals surface area (Å²) < 4.78 is 9.67. The number of hydrogen-bond donors (Lipinski definition) is 0. The summed E-state index contributed by atoms with van der Waals surface area (Å²) in [7, 11) is 0. The van der Waals surface area contributed by atoms with Gasteiger partial charge < -0.3 is 4.42 Å². The molecule has 0 atom stereocenters. The van der Waals surface area contributed by atoms with E-state index in [9.17, 15) is 0 Å². The topological polar surface area (TPSA) is 31.0 Å². The SMILES string of the molecule is c1ccc(-c2cccc3c2c2cc4ccccc4cc2n3-c2nc3c(ccc4oc5ccccc5c43)s2)cc1. The van der Waals surface area contributed by atoms with Gasteiger partial charge in [0.15, 0.2) is 5.13 Å². The van der Waals surface area contributed by atoms with E-state index < -0.39 is 0 Å². The van der Waals surface area contributed by atoms with Gasteiger partial charge in [-0.3, -0.25) is 4.57 Å². The minimum atomic E-state index is 0.875. The Kier molecular flexibility index (Phi) is 4.21. The van der Waals surface area contributed by atoms with Crippen molar-refractivity contribution in [2.45, 2.75) is 0 Å². The fourth-order valence-corrected chi connectivity index (χ4v) is 7.10. The molecular formula is C35H20N2OS. The van der Waals surface area contributed by atoms with Crippen LogP contribution in [-0.4, -0.2) is 9.55 Å². The van der Waals surface area contributed by atoms with Gasteiger partial charge in [-0.1, -0.05) is 96.3 Å². The summed E-state index contributed by atoms with van der Waals surface area (Å²) in [5.41, 5.74) is 7.54. The Bertz CT molecular complexity index is 2390. The Morgan fingerprint density at radius 3 is 2.28 bits per heavy atom. The predicted molar refractivity (Wildman–Crippen MR) is 164 cm³/mol. The van der Waals surface area contributed by atoms with E-state index in [1.807, 2.05) is 12.1 Å². The van der Waals surface area contributed by atoms with Crippen LogP contribution < -0.4 is 0 Å². The molecule has 0 bridgehead atoms. The molecule has 0 aliphatic heterocycles. The van der Waals surface area contributed by atoms with E-state index in [0.717, 1.165) is 42.8 Å². The fourth-order valence-electron chi connectivity index (χ4n) is 6.10. The number of fused-ring (bicyclic) bond motifs is 9. The number of thiazole rings is 1. The molecule has 182 valence electrons. The number of nitrogens with zero attached hydrogens (tertiary/aromatic N) is 2. The van der Waals surface area contributed by atoms with Gasteiger partial charge in [-0.2, -0.15) is 0 Å². The predicted octanol–water partition coefficient (Wildman–Crippen LogP) is 10.1. The first-order valence-electron chi connectivity index (χ1n) is 13.1. The average Bonchev–Trinajstić information content (AvgIpc) is 3.67. The van der Waals surface area contributed by atoms with Crippen molar-refractivity contribution < 1.29 is 4.42 Å². The van der Waals surface area contributed by atoms with Crippen LogP contribution in [0.1, 0.15) is 0 Å². The lowest BCUT2D eigenvalue weighted by atomic mass is 9.98. The van der Waals surface area contributed by atoms with Crippen molar-refractivity contribution in [3.05, 3.63) is 121 Å². The third kappa shape index (κ3) is 2.95. The summed E-state index contributed by atoms with van der Waals surface area (Å²) in [6, 6.07) is 43.0. The highest BCUT2D eigenvalue weighted by Gasteiger charge is 2.20. The highest BCUT2D eigenvalue weighted by atomic mass is 32.1. The van der Waals surface area contributed by atoms with Gasteiger partial charge in [0.2, 0.25) is 0 Å². The van der Waals surface area contributed by atoms with Crippen LogP contribution in [-0.2, 0) is 0 Å². The zero-order chi connectivity index (χ0) is 25.5. The molecule has 3 nitrogen and oxygen atoms in total. The van der Waals surface area contributed by atoms with Crippen LogP contribution in [0.25, 0.3) is 81.0 Å². The lowest BCUT2D eigenvalue weighted by Crippen LogP contribution is -1.92. The van der Waals surface area contributed by atoms with E-state index in [0.29, 0.717) is 0 Å². The number of hydrogen-bond acceptors (Lipinski definition) is 3. The quantitative estimate of drug-likeness (QED) is 0.229. The molecule has 0 unspecified atom stereocenters. The molecule has 3 aromatic heterocycles. The van der Waals surface area contributed by atoms with Gasteiger partial charge in [-0.15, -0.1) is 0 Å². The van der Waals surface area contributed by atoms with E-state index in [1.54, 1.807) is 11.3 Å². The van der Waals surface area contributed by atoms with Crippen LogP contribution in [0.15, 0.2) is 126 Å². The molecule has 0 aliphatic carbocycles. The monoisotopic (exact) mass is 516 g/mol. The van der Waals surface area contributed by atoms with Gasteiger partial charge in [0.1, 0.15) is 11.2 Å². The minimum absolute atomic E-state index is 0.875. The van der Waals surface area contributed by atoms with Crippen LogP contribution in [0.5, 0.6) is 0 Å².